The van der Waals surface area contributed by atoms with Crippen LogP contribution in [0.3, 0.4) is 0 Å². The van der Waals surface area contributed by atoms with Crippen molar-refractivity contribution >= 4 is 71.7 Å². The van der Waals surface area contributed by atoms with Gasteiger partial charge in [-0.25, -0.2) is 0 Å². The van der Waals surface area contributed by atoms with Crippen molar-refractivity contribution in [1.82, 2.24) is 0 Å². The maximum atomic E-state index is 6.14. The molecule has 13 rings (SSSR count). The lowest BCUT2D eigenvalue weighted by Crippen LogP contribution is -2.09. The maximum Gasteiger partial charge on any atom is 0.135 e. The molecule has 0 radical (unpaired) electrons. The largest absolute Gasteiger partial charge is 0.456 e. The molecule has 0 aliphatic carbocycles. The van der Waals surface area contributed by atoms with Crippen LogP contribution in [0.1, 0.15) is 0 Å². The zero-order valence-electron chi connectivity index (χ0n) is 36.4. The van der Waals surface area contributed by atoms with Crippen molar-refractivity contribution in [3.8, 4) is 55.6 Å². The zero-order chi connectivity index (χ0) is 44.3. The molecule has 0 aliphatic rings. The van der Waals surface area contributed by atoms with E-state index in [0.717, 1.165) is 88.8 Å². The summed E-state index contributed by atoms with van der Waals surface area (Å²) in [4.78, 5) is 2.34. The van der Waals surface area contributed by atoms with E-state index in [1.54, 1.807) is 0 Å². The van der Waals surface area contributed by atoms with Crippen molar-refractivity contribution in [1.29, 1.82) is 0 Å². The number of para-hydroxylation sites is 2. The lowest BCUT2D eigenvalue weighted by molar-refractivity contribution is 0.668. The number of hydrogen-bond acceptors (Lipinski definition) is 3. The SMILES string of the molecule is c1cc(-c2ccc(-c3ccc(N(c4ccc(-c5ccc6oc7ccccc7c6c5)cc4)c4ccc(-c5ccc6oc7ccccc7c6c5)cc4)cc3)cc2)cc(-c2ccc3ccccc3c2)c1. The molecule has 0 aliphatic heterocycles. The van der Waals surface area contributed by atoms with E-state index < -0.39 is 0 Å². The number of benzene rings is 11. The minimum Gasteiger partial charge on any atom is -0.456 e. The van der Waals surface area contributed by atoms with Gasteiger partial charge in [0.1, 0.15) is 22.3 Å². The Kier molecular flexibility index (Phi) is 9.17. The van der Waals surface area contributed by atoms with Crippen LogP contribution >= 0.6 is 0 Å². The minimum absolute atomic E-state index is 0.899. The Morgan fingerprint density at radius 3 is 1.06 bits per heavy atom. The highest BCUT2D eigenvalue weighted by Crippen LogP contribution is 2.40. The lowest BCUT2D eigenvalue weighted by Gasteiger charge is -2.26. The predicted molar refractivity (Wildman–Crippen MR) is 280 cm³/mol. The van der Waals surface area contributed by atoms with Gasteiger partial charge in [-0.1, -0.05) is 164 Å². The minimum atomic E-state index is 0.899. The monoisotopic (exact) mass is 855 g/mol. The smallest absolute Gasteiger partial charge is 0.135 e. The van der Waals surface area contributed by atoms with Crippen LogP contribution in [0, 0.1) is 0 Å². The van der Waals surface area contributed by atoms with Gasteiger partial charge in [0.25, 0.3) is 0 Å². The first-order valence-electron chi connectivity index (χ1n) is 22.8. The molecule has 0 fully saturated rings. The number of rotatable bonds is 8. The number of anilines is 3. The van der Waals surface area contributed by atoms with Crippen LogP contribution < -0.4 is 4.90 Å². The molecule has 3 heteroatoms. The van der Waals surface area contributed by atoms with Crippen molar-refractivity contribution in [3.05, 3.63) is 249 Å². The molecule has 67 heavy (non-hydrogen) atoms. The van der Waals surface area contributed by atoms with Gasteiger partial charge in [-0.15, -0.1) is 0 Å². The van der Waals surface area contributed by atoms with E-state index in [-0.39, 0.29) is 0 Å². The number of hydrogen-bond donors (Lipinski definition) is 0. The van der Waals surface area contributed by atoms with Gasteiger partial charge in [0.15, 0.2) is 0 Å². The average Bonchev–Trinajstić information content (AvgIpc) is 3.97. The molecule has 3 nitrogen and oxygen atoms in total. The summed E-state index contributed by atoms with van der Waals surface area (Å²) < 4.78 is 12.3. The van der Waals surface area contributed by atoms with E-state index in [1.165, 1.54) is 38.6 Å². The molecule has 0 spiro atoms. The third kappa shape index (κ3) is 7.02. The standard InChI is InChI=1S/C64H41NO2/c1-2-9-48-39-51(21-20-42(48)8-1)50-11-7-10-49(38-50)45-18-16-43(17-19-45)44-22-30-54(31-23-44)65(55-32-24-46(25-33-55)52-28-36-63-59(40-52)57-12-3-5-14-61(57)66-63)56-34-26-47(27-35-56)53-29-37-64-60(41-53)58-13-4-6-15-62(58)67-64/h1-41H. The Labute approximate surface area is 388 Å². The highest BCUT2D eigenvalue weighted by atomic mass is 16.3. The summed E-state index contributed by atoms with van der Waals surface area (Å²) >= 11 is 0. The molecular formula is C64H41NO2. The molecule has 0 saturated carbocycles. The predicted octanol–water partition coefficient (Wildman–Crippen LogP) is 18.4. The summed E-state index contributed by atoms with van der Waals surface area (Å²) in [5.41, 5.74) is 18.6. The first kappa shape index (κ1) is 38.5. The van der Waals surface area contributed by atoms with Gasteiger partial charge in [0.05, 0.1) is 0 Å². The van der Waals surface area contributed by atoms with Crippen molar-refractivity contribution in [2.75, 3.05) is 4.90 Å². The lowest BCUT2D eigenvalue weighted by atomic mass is 9.96. The van der Waals surface area contributed by atoms with E-state index in [1.807, 2.05) is 24.3 Å². The topological polar surface area (TPSA) is 29.5 Å². The second-order valence-electron chi connectivity index (χ2n) is 17.3. The third-order valence-electron chi connectivity index (χ3n) is 13.3. The molecule has 0 amide bonds. The summed E-state index contributed by atoms with van der Waals surface area (Å²) in [6.07, 6.45) is 0. The molecule has 0 N–H and O–H groups in total. The highest BCUT2D eigenvalue weighted by Gasteiger charge is 2.16. The van der Waals surface area contributed by atoms with Crippen molar-refractivity contribution in [2.24, 2.45) is 0 Å². The summed E-state index contributed by atoms with van der Waals surface area (Å²) in [5.74, 6) is 0. The van der Waals surface area contributed by atoms with Crippen molar-refractivity contribution < 1.29 is 8.83 Å². The van der Waals surface area contributed by atoms with Crippen LogP contribution in [-0.2, 0) is 0 Å². The molecule has 13 aromatic rings. The maximum absolute atomic E-state index is 6.14. The summed E-state index contributed by atoms with van der Waals surface area (Å²) in [7, 11) is 0. The first-order valence-corrected chi connectivity index (χ1v) is 22.8. The van der Waals surface area contributed by atoms with Crippen molar-refractivity contribution in [3.63, 3.8) is 0 Å². The van der Waals surface area contributed by atoms with Crippen LogP contribution in [0.2, 0.25) is 0 Å². The molecular weight excluding hydrogens is 815 g/mol. The third-order valence-corrected chi connectivity index (χ3v) is 13.3. The van der Waals surface area contributed by atoms with Crippen LogP contribution in [0.25, 0.3) is 110 Å². The first-order chi connectivity index (χ1) is 33.1. The average molecular weight is 856 g/mol. The molecule has 314 valence electrons. The number of nitrogens with zero attached hydrogens (tertiary/aromatic N) is 1. The number of fused-ring (bicyclic) bond motifs is 7. The van der Waals surface area contributed by atoms with Gasteiger partial charge in [0.2, 0.25) is 0 Å². The van der Waals surface area contributed by atoms with Gasteiger partial charge in [-0.3, -0.25) is 0 Å². The second-order valence-corrected chi connectivity index (χ2v) is 17.3. The van der Waals surface area contributed by atoms with E-state index in [2.05, 4.69) is 229 Å². The Balaban J connectivity index is 0.819. The van der Waals surface area contributed by atoms with Gasteiger partial charge < -0.3 is 13.7 Å². The molecule has 2 heterocycles. The van der Waals surface area contributed by atoms with Gasteiger partial charge >= 0.3 is 0 Å². The number of furan rings is 2. The normalized spacial score (nSPS) is 11.6. The summed E-state index contributed by atoms with van der Waals surface area (Å²) in [6, 6.07) is 89.1. The molecule has 11 aromatic carbocycles. The highest BCUT2D eigenvalue weighted by molar-refractivity contribution is 6.07. The van der Waals surface area contributed by atoms with Crippen LogP contribution in [0.4, 0.5) is 17.1 Å². The Morgan fingerprint density at radius 2 is 0.552 bits per heavy atom. The van der Waals surface area contributed by atoms with E-state index in [4.69, 9.17) is 8.83 Å². The van der Waals surface area contributed by atoms with Gasteiger partial charge in [-0.2, -0.15) is 0 Å². The van der Waals surface area contributed by atoms with Gasteiger partial charge in [-0.05, 0) is 151 Å². The van der Waals surface area contributed by atoms with E-state index >= 15 is 0 Å². The quantitative estimate of drug-likeness (QED) is 0.152. The molecule has 2 aromatic heterocycles. The van der Waals surface area contributed by atoms with Crippen molar-refractivity contribution in [2.45, 2.75) is 0 Å². The summed E-state index contributed by atoms with van der Waals surface area (Å²) in [5, 5.41) is 7.02. The Bertz CT molecular complexity index is 3790. The van der Waals surface area contributed by atoms with E-state index in [0.29, 0.717) is 0 Å². The molecule has 0 atom stereocenters. The van der Waals surface area contributed by atoms with Crippen LogP contribution in [-0.4, -0.2) is 0 Å². The fourth-order valence-electron chi connectivity index (χ4n) is 9.77. The summed E-state index contributed by atoms with van der Waals surface area (Å²) in [6.45, 7) is 0. The van der Waals surface area contributed by atoms with Crippen LogP contribution in [0.15, 0.2) is 258 Å². The molecule has 0 saturated heterocycles. The van der Waals surface area contributed by atoms with Crippen LogP contribution in [0.5, 0.6) is 0 Å². The fraction of sp³-hybridized carbons (Fsp3) is 0. The Hall–Kier alpha value is -8.92. The fourth-order valence-corrected chi connectivity index (χ4v) is 9.77. The second kappa shape index (κ2) is 16.0. The van der Waals surface area contributed by atoms with Gasteiger partial charge in [0, 0.05) is 38.6 Å². The Morgan fingerprint density at radius 1 is 0.209 bits per heavy atom. The zero-order valence-corrected chi connectivity index (χ0v) is 36.4. The van der Waals surface area contributed by atoms with E-state index in [9.17, 15) is 0 Å². The molecule has 0 unspecified atom stereocenters. The molecule has 0 bridgehead atoms.